The molecule has 0 bridgehead atoms. The van der Waals surface area contributed by atoms with Crippen molar-refractivity contribution in [1.82, 2.24) is 4.90 Å². The average molecular weight is 239 g/mol. The highest BCUT2D eigenvalue weighted by Crippen LogP contribution is 2.31. The summed E-state index contributed by atoms with van der Waals surface area (Å²) in [6.07, 6.45) is 5.34. The Kier molecular flexibility index (Phi) is 5.69. The molecule has 17 heavy (non-hydrogen) atoms. The van der Waals surface area contributed by atoms with Crippen molar-refractivity contribution in [2.24, 2.45) is 5.92 Å². The number of carbonyl (C=O) groups is 1. The Hall–Kier alpha value is -0.830. The van der Waals surface area contributed by atoms with Crippen LogP contribution in [0.4, 0.5) is 0 Å². The van der Waals surface area contributed by atoms with Gasteiger partial charge in [-0.3, -0.25) is 4.79 Å². The molecule has 0 spiro atoms. The predicted molar refractivity (Wildman–Crippen MR) is 69.8 cm³/mol. The molecule has 1 aliphatic carbocycles. The molecule has 2 aliphatic rings. The first kappa shape index (κ1) is 14.2. The summed E-state index contributed by atoms with van der Waals surface area (Å²) in [5.74, 6) is 0.550. The molecule has 0 aromatic heterocycles. The number of rotatable bonds is 2. The van der Waals surface area contributed by atoms with E-state index >= 15 is 0 Å². The van der Waals surface area contributed by atoms with Crippen LogP contribution in [0.5, 0.6) is 0 Å². The molecular weight excluding hydrogens is 214 g/mol. The SMILES string of the molecule is CC.COC1CC(C(=O)N2CC=C(C)CC2)C1. The third-order valence-corrected chi connectivity index (χ3v) is 3.53. The number of hydrogen-bond acceptors (Lipinski definition) is 2. The maximum atomic E-state index is 12.0. The van der Waals surface area contributed by atoms with E-state index in [1.54, 1.807) is 7.11 Å². The average Bonchev–Trinajstić information content (AvgIpc) is 2.31. The molecule has 1 saturated carbocycles. The first-order valence-corrected chi connectivity index (χ1v) is 6.68. The molecule has 0 atom stereocenters. The largest absolute Gasteiger partial charge is 0.381 e. The fourth-order valence-corrected chi connectivity index (χ4v) is 2.19. The normalized spacial score (nSPS) is 27.5. The van der Waals surface area contributed by atoms with Crippen LogP contribution < -0.4 is 0 Å². The molecule has 0 unspecified atom stereocenters. The van der Waals surface area contributed by atoms with Gasteiger partial charge in [0.2, 0.25) is 5.91 Å². The van der Waals surface area contributed by atoms with Crippen LogP contribution in [-0.4, -0.2) is 37.1 Å². The third kappa shape index (κ3) is 3.56. The molecule has 3 nitrogen and oxygen atoms in total. The number of methoxy groups -OCH3 is 1. The molecule has 0 aromatic carbocycles. The third-order valence-electron chi connectivity index (χ3n) is 3.53. The van der Waals surface area contributed by atoms with Gasteiger partial charge in [0.15, 0.2) is 0 Å². The van der Waals surface area contributed by atoms with Crippen molar-refractivity contribution in [2.75, 3.05) is 20.2 Å². The Morgan fingerprint density at radius 2 is 2.06 bits per heavy atom. The Balaban J connectivity index is 0.000000686. The zero-order valence-corrected chi connectivity index (χ0v) is 11.5. The standard InChI is InChI=1S/C12H19NO2.C2H6/c1-9-3-5-13(6-4-9)12(14)10-7-11(8-10)15-2;1-2/h3,10-11H,4-8H2,1-2H3;1-2H3. The lowest BCUT2D eigenvalue weighted by Gasteiger charge is -2.37. The molecule has 1 fully saturated rings. The van der Waals surface area contributed by atoms with Crippen LogP contribution in [0.2, 0.25) is 0 Å². The maximum absolute atomic E-state index is 12.0. The van der Waals surface area contributed by atoms with E-state index in [9.17, 15) is 4.79 Å². The van der Waals surface area contributed by atoms with Gasteiger partial charge < -0.3 is 9.64 Å². The molecule has 0 saturated heterocycles. The van der Waals surface area contributed by atoms with Crippen LogP contribution in [0.3, 0.4) is 0 Å². The van der Waals surface area contributed by atoms with Crippen LogP contribution in [0.15, 0.2) is 11.6 Å². The number of ether oxygens (including phenoxy) is 1. The Morgan fingerprint density at radius 3 is 2.53 bits per heavy atom. The minimum atomic E-state index is 0.224. The fourth-order valence-electron chi connectivity index (χ4n) is 2.19. The number of carbonyl (C=O) groups excluding carboxylic acids is 1. The van der Waals surface area contributed by atoms with E-state index < -0.39 is 0 Å². The zero-order chi connectivity index (χ0) is 12.8. The molecule has 1 heterocycles. The lowest BCUT2D eigenvalue weighted by molar-refractivity contribution is -0.143. The van der Waals surface area contributed by atoms with E-state index in [0.29, 0.717) is 12.0 Å². The minimum Gasteiger partial charge on any atom is -0.381 e. The predicted octanol–water partition coefficient (Wildman–Crippen LogP) is 2.62. The lowest BCUT2D eigenvalue weighted by Crippen LogP contribution is -2.45. The summed E-state index contributed by atoms with van der Waals surface area (Å²) < 4.78 is 5.19. The second-order valence-corrected chi connectivity index (χ2v) is 4.61. The van der Waals surface area contributed by atoms with E-state index in [-0.39, 0.29) is 5.92 Å². The summed E-state index contributed by atoms with van der Waals surface area (Å²) in [5.41, 5.74) is 1.41. The highest BCUT2D eigenvalue weighted by atomic mass is 16.5. The lowest BCUT2D eigenvalue weighted by atomic mass is 9.81. The van der Waals surface area contributed by atoms with Gasteiger partial charge in [-0.25, -0.2) is 0 Å². The first-order chi connectivity index (χ1) is 8.20. The number of nitrogens with zero attached hydrogens (tertiary/aromatic N) is 1. The summed E-state index contributed by atoms with van der Waals surface area (Å²) in [4.78, 5) is 14.0. The molecular formula is C14H25NO2. The van der Waals surface area contributed by atoms with Gasteiger partial charge in [0.25, 0.3) is 0 Å². The summed E-state index contributed by atoms with van der Waals surface area (Å²) >= 11 is 0. The molecule has 0 radical (unpaired) electrons. The van der Waals surface area contributed by atoms with Crippen molar-refractivity contribution in [3.05, 3.63) is 11.6 Å². The Bertz CT molecular complexity index is 280. The molecule has 2 rings (SSSR count). The molecule has 1 aliphatic heterocycles. The van der Waals surface area contributed by atoms with Crippen molar-refractivity contribution in [3.8, 4) is 0 Å². The molecule has 1 amide bonds. The van der Waals surface area contributed by atoms with E-state index in [2.05, 4.69) is 13.0 Å². The summed E-state index contributed by atoms with van der Waals surface area (Å²) in [6, 6.07) is 0. The van der Waals surface area contributed by atoms with E-state index in [0.717, 1.165) is 32.4 Å². The van der Waals surface area contributed by atoms with Gasteiger partial charge in [-0.05, 0) is 26.2 Å². The minimum absolute atomic E-state index is 0.224. The Morgan fingerprint density at radius 1 is 1.41 bits per heavy atom. The van der Waals surface area contributed by atoms with E-state index in [1.165, 1.54) is 5.57 Å². The quantitative estimate of drug-likeness (QED) is 0.693. The van der Waals surface area contributed by atoms with Crippen molar-refractivity contribution in [1.29, 1.82) is 0 Å². The van der Waals surface area contributed by atoms with Gasteiger partial charge in [0.1, 0.15) is 0 Å². The second kappa shape index (κ2) is 6.80. The highest BCUT2D eigenvalue weighted by Gasteiger charge is 2.36. The van der Waals surface area contributed by atoms with E-state index in [1.807, 2.05) is 18.7 Å². The molecule has 0 aromatic rings. The van der Waals surface area contributed by atoms with Crippen molar-refractivity contribution >= 4 is 5.91 Å². The van der Waals surface area contributed by atoms with Gasteiger partial charge >= 0.3 is 0 Å². The second-order valence-electron chi connectivity index (χ2n) is 4.61. The van der Waals surface area contributed by atoms with Gasteiger partial charge in [-0.2, -0.15) is 0 Å². The van der Waals surface area contributed by atoms with Crippen molar-refractivity contribution < 1.29 is 9.53 Å². The van der Waals surface area contributed by atoms with Gasteiger partial charge in [-0.15, -0.1) is 0 Å². The highest BCUT2D eigenvalue weighted by molar-refractivity contribution is 5.80. The van der Waals surface area contributed by atoms with Crippen LogP contribution in [0.1, 0.15) is 40.0 Å². The summed E-state index contributed by atoms with van der Waals surface area (Å²) in [6.45, 7) is 7.83. The van der Waals surface area contributed by atoms with E-state index in [4.69, 9.17) is 4.74 Å². The summed E-state index contributed by atoms with van der Waals surface area (Å²) in [5, 5.41) is 0. The van der Waals surface area contributed by atoms with Crippen LogP contribution in [0, 0.1) is 5.92 Å². The van der Waals surface area contributed by atoms with Crippen LogP contribution in [0.25, 0.3) is 0 Å². The molecule has 3 heteroatoms. The van der Waals surface area contributed by atoms with Gasteiger partial charge in [0.05, 0.1) is 6.10 Å². The smallest absolute Gasteiger partial charge is 0.226 e. The first-order valence-electron chi connectivity index (χ1n) is 6.68. The maximum Gasteiger partial charge on any atom is 0.226 e. The van der Waals surface area contributed by atoms with Gasteiger partial charge in [0, 0.05) is 26.1 Å². The molecule has 0 N–H and O–H groups in total. The van der Waals surface area contributed by atoms with Crippen LogP contribution in [-0.2, 0) is 9.53 Å². The molecule has 98 valence electrons. The topological polar surface area (TPSA) is 29.5 Å². The number of amides is 1. The Labute approximate surface area is 105 Å². The van der Waals surface area contributed by atoms with Crippen molar-refractivity contribution in [2.45, 2.75) is 46.1 Å². The van der Waals surface area contributed by atoms with Gasteiger partial charge in [-0.1, -0.05) is 25.5 Å². The number of hydrogen-bond donors (Lipinski definition) is 0. The summed E-state index contributed by atoms with van der Waals surface area (Å²) in [7, 11) is 1.72. The van der Waals surface area contributed by atoms with Crippen molar-refractivity contribution in [3.63, 3.8) is 0 Å². The van der Waals surface area contributed by atoms with Crippen LogP contribution >= 0.6 is 0 Å². The zero-order valence-electron chi connectivity index (χ0n) is 11.5. The monoisotopic (exact) mass is 239 g/mol. The fraction of sp³-hybridized carbons (Fsp3) is 0.786.